The van der Waals surface area contributed by atoms with E-state index in [-0.39, 0.29) is 5.92 Å². The summed E-state index contributed by atoms with van der Waals surface area (Å²) in [5.74, 6) is 0.252. The Hall–Kier alpha value is -0.340. The minimum atomic E-state index is -3.18. The highest BCUT2D eigenvalue weighted by atomic mass is 31.2. The van der Waals surface area contributed by atoms with Crippen LogP contribution in [0, 0.1) is 5.92 Å². The zero-order valence-corrected chi connectivity index (χ0v) is 7.93. The summed E-state index contributed by atoms with van der Waals surface area (Å²) in [6.45, 7) is 5.34. The molecule has 11 heavy (non-hydrogen) atoms. The summed E-state index contributed by atoms with van der Waals surface area (Å²) < 4.78 is 16.0. The molecule has 0 fully saturated rings. The van der Waals surface area contributed by atoms with Crippen LogP contribution in [-0.2, 0) is 9.09 Å². The highest BCUT2D eigenvalue weighted by Crippen LogP contribution is 2.42. The van der Waals surface area contributed by atoms with Gasteiger partial charge >= 0.3 is 5.65 Å². The SMILES string of the molecule is CC(C)CO[P@](C)(=O)C(N)=O. The molecular weight excluding hydrogens is 165 g/mol. The summed E-state index contributed by atoms with van der Waals surface area (Å²) in [6, 6.07) is 0. The van der Waals surface area contributed by atoms with Crippen molar-refractivity contribution in [2.45, 2.75) is 13.8 Å². The molecular formula is C6H14NO3P. The maximum Gasteiger partial charge on any atom is 0.302 e. The van der Waals surface area contributed by atoms with Gasteiger partial charge in [0.1, 0.15) is 0 Å². The van der Waals surface area contributed by atoms with Gasteiger partial charge in [0.05, 0.1) is 6.61 Å². The second-order valence-electron chi connectivity index (χ2n) is 2.87. The van der Waals surface area contributed by atoms with Crippen LogP contribution in [0.15, 0.2) is 0 Å². The quantitative estimate of drug-likeness (QED) is 0.667. The number of hydrogen-bond acceptors (Lipinski definition) is 3. The Morgan fingerprint density at radius 3 is 2.36 bits per heavy atom. The molecule has 0 saturated heterocycles. The van der Waals surface area contributed by atoms with E-state index in [9.17, 15) is 9.36 Å². The first-order valence-corrected chi connectivity index (χ1v) is 5.45. The van der Waals surface area contributed by atoms with Crippen molar-refractivity contribution >= 4 is 13.0 Å². The third-order valence-electron chi connectivity index (χ3n) is 1.05. The fourth-order valence-corrected chi connectivity index (χ4v) is 1.06. The van der Waals surface area contributed by atoms with E-state index >= 15 is 0 Å². The van der Waals surface area contributed by atoms with Gasteiger partial charge in [0.25, 0.3) is 7.37 Å². The van der Waals surface area contributed by atoms with E-state index in [1.54, 1.807) is 0 Å². The van der Waals surface area contributed by atoms with Crippen LogP contribution in [0.3, 0.4) is 0 Å². The number of carbonyl (C=O) groups is 1. The molecule has 0 radical (unpaired) electrons. The molecule has 0 unspecified atom stereocenters. The number of carbonyl (C=O) groups excluding carboxylic acids is 1. The van der Waals surface area contributed by atoms with Crippen molar-refractivity contribution in [3.8, 4) is 0 Å². The molecule has 0 heterocycles. The van der Waals surface area contributed by atoms with Crippen LogP contribution in [0.1, 0.15) is 13.8 Å². The minimum Gasteiger partial charge on any atom is -0.361 e. The molecule has 0 aliphatic carbocycles. The molecule has 0 aromatic rings. The molecule has 1 amide bonds. The van der Waals surface area contributed by atoms with Crippen molar-refractivity contribution in [1.29, 1.82) is 0 Å². The van der Waals surface area contributed by atoms with Gasteiger partial charge in [-0.25, -0.2) is 0 Å². The summed E-state index contributed by atoms with van der Waals surface area (Å²) >= 11 is 0. The average Bonchev–Trinajstić information content (AvgIpc) is 1.84. The van der Waals surface area contributed by atoms with Gasteiger partial charge in [0, 0.05) is 6.66 Å². The van der Waals surface area contributed by atoms with Gasteiger partial charge in [-0.1, -0.05) is 13.8 Å². The lowest BCUT2D eigenvalue weighted by atomic mass is 10.2. The number of hydrogen-bond donors (Lipinski definition) is 1. The smallest absolute Gasteiger partial charge is 0.302 e. The predicted octanol–water partition coefficient (Wildman–Crippen LogP) is 1.65. The number of rotatable bonds is 4. The largest absolute Gasteiger partial charge is 0.361 e. The molecule has 4 nitrogen and oxygen atoms in total. The Labute approximate surface area is 66.6 Å². The monoisotopic (exact) mass is 179 g/mol. The maximum absolute atomic E-state index is 11.1. The van der Waals surface area contributed by atoms with Crippen molar-refractivity contribution in [2.24, 2.45) is 11.7 Å². The highest BCUT2D eigenvalue weighted by molar-refractivity contribution is 7.75. The molecule has 1 atom stereocenters. The Morgan fingerprint density at radius 1 is 1.64 bits per heavy atom. The van der Waals surface area contributed by atoms with E-state index in [2.05, 4.69) is 0 Å². The van der Waals surface area contributed by atoms with Gasteiger partial charge in [0.15, 0.2) is 0 Å². The Kier molecular flexibility index (Phi) is 3.76. The molecule has 0 rings (SSSR count). The zero-order valence-electron chi connectivity index (χ0n) is 7.03. The third kappa shape index (κ3) is 4.17. The molecule has 2 N–H and O–H groups in total. The lowest BCUT2D eigenvalue weighted by molar-refractivity contribution is 0.247. The Balaban J connectivity index is 3.94. The van der Waals surface area contributed by atoms with Gasteiger partial charge in [-0.2, -0.15) is 0 Å². The van der Waals surface area contributed by atoms with Gasteiger partial charge in [-0.3, -0.25) is 9.36 Å². The van der Waals surface area contributed by atoms with E-state index in [0.717, 1.165) is 0 Å². The summed E-state index contributed by atoms with van der Waals surface area (Å²) in [4.78, 5) is 10.5. The number of primary amides is 1. The van der Waals surface area contributed by atoms with Gasteiger partial charge in [-0.15, -0.1) is 0 Å². The molecule has 0 aromatic heterocycles. The van der Waals surface area contributed by atoms with Crippen LogP contribution in [0.25, 0.3) is 0 Å². The predicted molar refractivity (Wildman–Crippen MR) is 43.9 cm³/mol. The first kappa shape index (κ1) is 10.7. The minimum absolute atomic E-state index is 0.252. The van der Waals surface area contributed by atoms with Crippen LogP contribution in [0.2, 0.25) is 0 Å². The molecule has 66 valence electrons. The van der Waals surface area contributed by atoms with Crippen molar-refractivity contribution in [3.05, 3.63) is 0 Å². The molecule has 0 aliphatic heterocycles. The van der Waals surface area contributed by atoms with E-state index in [1.165, 1.54) is 6.66 Å². The van der Waals surface area contributed by atoms with Crippen molar-refractivity contribution < 1.29 is 13.9 Å². The topological polar surface area (TPSA) is 69.4 Å². The Bertz CT molecular complexity index is 190. The first-order valence-electron chi connectivity index (χ1n) is 3.38. The fraction of sp³-hybridized carbons (Fsp3) is 0.833. The van der Waals surface area contributed by atoms with Gasteiger partial charge in [-0.05, 0) is 5.92 Å². The molecule has 5 heteroatoms. The van der Waals surface area contributed by atoms with Crippen LogP contribution >= 0.6 is 7.37 Å². The lowest BCUT2D eigenvalue weighted by Gasteiger charge is -2.11. The van der Waals surface area contributed by atoms with E-state index < -0.39 is 13.0 Å². The standard InChI is InChI=1S/C6H14NO3P/c1-5(2)4-10-11(3,9)6(7)8/h5H,4H2,1-3H3,(H2,7,8)/t11-/m0/s1. The van der Waals surface area contributed by atoms with Gasteiger partial charge < -0.3 is 10.3 Å². The third-order valence-corrected chi connectivity index (χ3v) is 2.50. The zero-order chi connectivity index (χ0) is 9.07. The van der Waals surface area contributed by atoms with Crippen LogP contribution in [0.4, 0.5) is 4.79 Å². The van der Waals surface area contributed by atoms with Crippen molar-refractivity contribution in [3.63, 3.8) is 0 Å². The van der Waals surface area contributed by atoms with Crippen molar-refractivity contribution in [2.75, 3.05) is 13.3 Å². The summed E-state index contributed by atoms with van der Waals surface area (Å²) in [5.41, 5.74) is 3.97. The fourth-order valence-electron chi connectivity index (χ4n) is 0.355. The molecule has 0 saturated carbocycles. The maximum atomic E-state index is 11.1. The van der Waals surface area contributed by atoms with Crippen LogP contribution < -0.4 is 5.73 Å². The van der Waals surface area contributed by atoms with E-state index in [4.69, 9.17) is 10.3 Å². The lowest BCUT2D eigenvalue weighted by Crippen LogP contribution is -2.12. The summed E-state index contributed by atoms with van der Waals surface area (Å²) in [5, 5.41) is 0. The Morgan fingerprint density at radius 2 is 2.09 bits per heavy atom. The van der Waals surface area contributed by atoms with E-state index in [0.29, 0.717) is 6.61 Å². The summed E-state index contributed by atoms with van der Waals surface area (Å²) in [6.07, 6.45) is 0. The second-order valence-corrected chi connectivity index (χ2v) is 5.26. The molecule has 0 spiro atoms. The molecule has 0 aromatic carbocycles. The van der Waals surface area contributed by atoms with Crippen LogP contribution in [0.5, 0.6) is 0 Å². The second kappa shape index (κ2) is 3.88. The summed E-state index contributed by atoms with van der Waals surface area (Å²) in [7, 11) is -3.18. The normalized spacial score (nSPS) is 16.4. The van der Waals surface area contributed by atoms with Crippen LogP contribution in [-0.4, -0.2) is 18.9 Å². The van der Waals surface area contributed by atoms with Crippen molar-refractivity contribution in [1.82, 2.24) is 0 Å². The number of nitrogens with two attached hydrogens (primary N) is 1. The first-order chi connectivity index (χ1) is 4.86. The average molecular weight is 179 g/mol. The van der Waals surface area contributed by atoms with E-state index in [1.807, 2.05) is 13.8 Å². The highest BCUT2D eigenvalue weighted by Gasteiger charge is 2.23. The molecule has 0 bridgehead atoms. The molecule has 0 aliphatic rings. The van der Waals surface area contributed by atoms with Gasteiger partial charge in [0.2, 0.25) is 0 Å². The number of amides is 1.